The molecule has 1 N–H and O–H groups in total. The molecule has 1 aromatic heterocycles. The highest BCUT2D eigenvalue weighted by atomic mass is 19.1. The van der Waals surface area contributed by atoms with Gasteiger partial charge in [-0.2, -0.15) is 4.98 Å². The van der Waals surface area contributed by atoms with E-state index in [1.165, 1.54) is 6.07 Å². The lowest BCUT2D eigenvalue weighted by molar-refractivity contribution is 0.0680. The van der Waals surface area contributed by atoms with Crippen molar-refractivity contribution in [2.24, 2.45) is 0 Å². The monoisotopic (exact) mass is 226 g/mol. The molecule has 2 aromatic rings. The standard InChI is InChI=1S/C9H4F2N2O3/c10-4-2-1-3-5(11)6(4)8-12-7(9(14)15)13-16-8/h1-3H,(H,14,15). The topological polar surface area (TPSA) is 76.2 Å². The number of rotatable bonds is 2. The van der Waals surface area contributed by atoms with Crippen LogP contribution in [0.2, 0.25) is 0 Å². The summed E-state index contributed by atoms with van der Waals surface area (Å²) >= 11 is 0. The molecule has 0 radical (unpaired) electrons. The summed E-state index contributed by atoms with van der Waals surface area (Å²) in [5.74, 6) is -4.40. The Morgan fingerprint density at radius 3 is 2.44 bits per heavy atom. The number of hydrogen-bond donors (Lipinski definition) is 1. The van der Waals surface area contributed by atoms with Crippen LogP contribution in [0.5, 0.6) is 0 Å². The van der Waals surface area contributed by atoms with Crippen molar-refractivity contribution in [1.29, 1.82) is 0 Å². The van der Waals surface area contributed by atoms with Crippen molar-refractivity contribution in [3.05, 3.63) is 35.7 Å². The van der Waals surface area contributed by atoms with Crippen molar-refractivity contribution in [3.63, 3.8) is 0 Å². The van der Waals surface area contributed by atoms with Crippen LogP contribution in [0.3, 0.4) is 0 Å². The summed E-state index contributed by atoms with van der Waals surface area (Å²) in [6.45, 7) is 0. The average molecular weight is 226 g/mol. The van der Waals surface area contributed by atoms with Gasteiger partial charge in [0, 0.05) is 0 Å². The summed E-state index contributed by atoms with van der Waals surface area (Å²) in [6, 6.07) is 3.18. The van der Waals surface area contributed by atoms with Crippen molar-refractivity contribution in [2.45, 2.75) is 0 Å². The van der Waals surface area contributed by atoms with E-state index >= 15 is 0 Å². The van der Waals surface area contributed by atoms with Crippen LogP contribution in [0.25, 0.3) is 11.5 Å². The number of halogens is 2. The third-order valence-corrected chi connectivity index (χ3v) is 1.79. The van der Waals surface area contributed by atoms with Crippen molar-refractivity contribution in [1.82, 2.24) is 10.1 Å². The summed E-state index contributed by atoms with van der Waals surface area (Å²) in [6.07, 6.45) is 0. The molecule has 16 heavy (non-hydrogen) atoms. The molecule has 5 nitrogen and oxygen atoms in total. The van der Waals surface area contributed by atoms with E-state index in [4.69, 9.17) is 5.11 Å². The van der Waals surface area contributed by atoms with Gasteiger partial charge in [-0.1, -0.05) is 6.07 Å². The molecule has 0 bridgehead atoms. The first kappa shape index (κ1) is 10.2. The third kappa shape index (κ3) is 1.62. The van der Waals surface area contributed by atoms with Crippen LogP contribution in [0, 0.1) is 11.6 Å². The molecule has 0 aliphatic rings. The summed E-state index contributed by atoms with van der Waals surface area (Å²) < 4.78 is 30.9. The molecule has 0 aliphatic carbocycles. The molecule has 0 saturated heterocycles. The van der Waals surface area contributed by atoms with E-state index in [9.17, 15) is 13.6 Å². The number of carboxylic acid groups (broad SMARTS) is 1. The molecule has 1 heterocycles. The van der Waals surface area contributed by atoms with Crippen LogP contribution in [-0.2, 0) is 0 Å². The van der Waals surface area contributed by atoms with Gasteiger partial charge in [0.25, 0.3) is 11.7 Å². The van der Waals surface area contributed by atoms with Gasteiger partial charge >= 0.3 is 5.97 Å². The highest BCUT2D eigenvalue weighted by Gasteiger charge is 2.20. The zero-order valence-electron chi connectivity index (χ0n) is 7.65. The minimum Gasteiger partial charge on any atom is -0.475 e. The fraction of sp³-hybridized carbons (Fsp3) is 0. The molecule has 7 heteroatoms. The summed E-state index contributed by atoms with van der Waals surface area (Å²) in [4.78, 5) is 13.8. The van der Waals surface area contributed by atoms with Gasteiger partial charge in [0.05, 0.1) is 0 Å². The molecule has 1 aromatic carbocycles. The predicted octanol–water partition coefficient (Wildman–Crippen LogP) is 1.71. The van der Waals surface area contributed by atoms with Crippen LogP contribution < -0.4 is 0 Å². The summed E-state index contributed by atoms with van der Waals surface area (Å²) in [5, 5.41) is 11.6. The lowest BCUT2D eigenvalue weighted by Gasteiger charge is -1.97. The second-order valence-electron chi connectivity index (χ2n) is 2.82. The molecular formula is C9H4F2N2O3. The SMILES string of the molecule is O=C(O)c1noc(-c2c(F)cccc2F)n1. The van der Waals surface area contributed by atoms with E-state index in [1.54, 1.807) is 0 Å². The van der Waals surface area contributed by atoms with Gasteiger partial charge in [-0.15, -0.1) is 0 Å². The van der Waals surface area contributed by atoms with Crippen LogP contribution in [-0.4, -0.2) is 21.2 Å². The second kappa shape index (κ2) is 3.69. The fourth-order valence-corrected chi connectivity index (χ4v) is 1.11. The Kier molecular flexibility index (Phi) is 2.35. The van der Waals surface area contributed by atoms with E-state index in [2.05, 4.69) is 14.7 Å². The molecule has 0 saturated carbocycles. The number of carboxylic acids is 1. The first-order valence-electron chi connectivity index (χ1n) is 4.11. The maximum absolute atomic E-state index is 13.2. The summed E-state index contributed by atoms with van der Waals surface area (Å²) in [5.41, 5.74) is -0.539. The molecule has 2 rings (SSSR count). The number of nitrogens with zero attached hydrogens (tertiary/aromatic N) is 2. The number of aromatic carboxylic acids is 1. The fourth-order valence-electron chi connectivity index (χ4n) is 1.11. The Morgan fingerprint density at radius 1 is 1.31 bits per heavy atom. The molecule has 82 valence electrons. The van der Waals surface area contributed by atoms with E-state index < -0.39 is 34.9 Å². The highest BCUT2D eigenvalue weighted by Crippen LogP contribution is 2.23. The van der Waals surface area contributed by atoms with E-state index in [1.807, 2.05) is 0 Å². The Morgan fingerprint density at radius 2 is 1.94 bits per heavy atom. The smallest absolute Gasteiger partial charge is 0.377 e. The molecule has 0 aliphatic heterocycles. The zero-order valence-corrected chi connectivity index (χ0v) is 7.65. The summed E-state index contributed by atoms with van der Waals surface area (Å²) in [7, 11) is 0. The van der Waals surface area contributed by atoms with Crippen molar-refractivity contribution < 1.29 is 23.2 Å². The van der Waals surface area contributed by atoms with Gasteiger partial charge in [-0.3, -0.25) is 0 Å². The van der Waals surface area contributed by atoms with Gasteiger partial charge in [-0.05, 0) is 17.3 Å². The maximum atomic E-state index is 13.2. The lowest BCUT2D eigenvalue weighted by Crippen LogP contribution is -1.98. The van der Waals surface area contributed by atoms with Gasteiger partial charge < -0.3 is 9.63 Å². The number of aromatic nitrogens is 2. The first-order valence-corrected chi connectivity index (χ1v) is 4.11. The average Bonchev–Trinajstić information content (AvgIpc) is 2.66. The Bertz CT molecular complexity index is 533. The lowest BCUT2D eigenvalue weighted by atomic mass is 10.2. The molecule has 0 atom stereocenters. The zero-order chi connectivity index (χ0) is 11.7. The maximum Gasteiger partial charge on any atom is 0.377 e. The predicted molar refractivity (Wildman–Crippen MR) is 46.6 cm³/mol. The van der Waals surface area contributed by atoms with E-state index in [0.29, 0.717) is 0 Å². The molecule has 0 unspecified atom stereocenters. The van der Waals surface area contributed by atoms with Crippen molar-refractivity contribution in [3.8, 4) is 11.5 Å². The minimum atomic E-state index is -1.44. The minimum absolute atomic E-state index is 0.506. The van der Waals surface area contributed by atoms with Crippen LogP contribution >= 0.6 is 0 Å². The Labute approximate surface area is 87.3 Å². The van der Waals surface area contributed by atoms with Gasteiger partial charge in [0.15, 0.2) is 0 Å². The second-order valence-corrected chi connectivity index (χ2v) is 2.82. The molecule has 0 spiro atoms. The number of hydrogen-bond acceptors (Lipinski definition) is 4. The highest BCUT2D eigenvalue weighted by molar-refractivity contribution is 5.83. The number of benzene rings is 1. The van der Waals surface area contributed by atoms with E-state index in [0.717, 1.165) is 12.1 Å². The van der Waals surface area contributed by atoms with Crippen molar-refractivity contribution >= 4 is 5.97 Å². The molecule has 0 fully saturated rings. The third-order valence-electron chi connectivity index (χ3n) is 1.79. The molecular weight excluding hydrogens is 222 g/mol. The van der Waals surface area contributed by atoms with Gasteiger partial charge in [0.2, 0.25) is 0 Å². The Balaban J connectivity index is 2.54. The molecule has 0 amide bonds. The first-order chi connectivity index (χ1) is 7.59. The Hall–Kier alpha value is -2.31. The van der Waals surface area contributed by atoms with Crippen LogP contribution in [0.1, 0.15) is 10.6 Å². The van der Waals surface area contributed by atoms with Crippen LogP contribution in [0.4, 0.5) is 8.78 Å². The normalized spacial score (nSPS) is 10.4. The largest absolute Gasteiger partial charge is 0.475 e. The quantitative estimate of drug-likeness (QED) is 0.843. The van der Waals surface area contributed by atoms with Gasteiger partial charge in [0.1, 0.15) is 17.2 Å². The van der Waals surface area contributed by atoms with Crippen LogP contribution in [0.15, 0.2) is 22.7 Å². The number of carbonyl (C=O) groups is 1. The van der Waals surface area contributed by atoms with E-state index in [-0.39, 0.29) is 0 Å². The van der Waals surface area contributed by atoms with Gasteiger partial charge in [-0.25, -0.2) is 13.6 Å². The van der Waals surface area contributed by atoms with Crippen molar-refractivity contribution in [2.75, 3.05) is 0 Å².